The van der Waals surface area contributed by atoms with E-state index in [0.717, 1.165) is 12.1 Å². The van der Waals surface area contributed by atoms with E-state index in [1.165, 1.54) is 6.07 Å². The van der Waals surface area contributed by atoms with Gasteiger partial charge in [-0.2, -0.15) is 0 Å². The zero-order valence-corrected chi connectivity index (χ0v) is 12.4. The van der Waals surface area contributed by atoms with Gasteiger partial charge in [-0.15, -0.1) is 10.2 Å². The van der Waals surface area contributed by atoms with Gasteiger partial charge in [0.15, 0.2) is 5.69 Å². The van der Waals surface area contributed by atoms with E-state index < -0.39 is 17.3 Å². The molecule has 3 N–H and O–H groups in total. The second kappa shape index (κ2) is 6.09. The van der Waals surface area contributed by atoms with Crippen LogP contribution in [-0.2, 0) is 0 Å². The van der Waals surface area contributed by atoms with Gasteiger partial charge in [0, 0.05) is 5.39 Å². The van der Waals surface area contributed by atoms with Gasteiger partial charge < -0.3 is 15.4 Å². The minimum absolute atomic E-state index is 0.171. The van der Waals surface area contributed by atoms with E-state index in [4.69, 9.17) is 12.2 Å². The Bertz CT molecular complexity index is 903. The molecule has 23 heavy (non-hydrogen) atoms. The molecule has 0 radical (unpaired) electrons. The van der Waals surface area contributed by atoms with E-state index in [2.05, 4.69) is 20.5 Å². The highest BCUT2D eigenvalue weighted by molar-refractivity contribution is 7.80. The third kappa shape index (κ3) is 3.02. The molecule has 0 aliphatic heterocycles. The SMILES string of the molecule is Oc1[nH]c2ccccc2c1N=NC(=S)Nc1c(F)cccc1F. The number of benzene rings is 2. The number of aromatic hydroxyl groups is 1. The number of aromatic amines is 1. The molecule has 0 saturated carbocycles. The molecule has 1 aromatic heterocycles. The van der Waals surface area contributed by atoms with Crippen molar-refractivity contribution in [1.82, 2.24) is 4.98 Å². The van der Waals surface area contributed by atoms with Crippen LogP contribution >= 0.6 is 12.2 Å². The lowest BCUT2D eigenvalue weighted by Gasteiger charge is -2.05. The molecule has 2 aromatic carbocycles. The molecule has 1 heterocycles. The van der Waals surface area contributed by atoms with Crippen LogP contribution in [0.4, 0.5) is 20.2 Å². The van der Waals surface area contributed by atoms with Crippen LogP contribution in [-0.4, -0.2) is 15.2 Å². The highest BCUT2D eigenvalue weighted by Crippen LogP contribution is 2.35. The average Bonchev–Trinajstić information content (AvgIpc) is 2.84. The Hall–Kier alpha value is -2.87. The van der Waals surface area contributed by atoms with Crippen molar-refractivity contribution in [2.45, 2.75) is 0 Å². The van der Waals surface area contributed by atoms with Crippen molar-refractivity contribution < 1.29 is 13.9 Å². The highest BCUT2D eigenvalue weighted by Gasteiger charge is 2.11. The predicted octanol–water partition coefficient (Wildman–Crippen LogP) is 4.63. The van der Waals surface area contributed by atoms with Crippen molar-refractivity contribution in [1.29, 1.82) is 0 Å². The second-order valence-electron chi connectivity index (χ2n) is 4.59. The van der Waals surface area contributed by atoms with Crippen LogP contribution < -0.4 is 5.32 Å². The third-order valence-corrected chi connectivity index (χ3v) is 3.28. The fourth-order valence-electron chi connectivity index (χ4n) is 2.06. The molecule has 116 valence electrons. The first-order valence-electron chi connectivity index (χ1n) is 6.52. The number of nitrogens with one attached hydrogen (secondary N) is 2. The zero-order valence-electron chi connectivity index (χ0n) is 11.5. The van der Waals surface area contributed by atoms with E-state index in [1.54, 1.807) is 24.3 Å². The number of aromatic nitrogens is 1. The van der Waals surface area contributed by atoms with E-state index >= 15 is 0 Å². The summed E-state index contributed by atoms with van der Waals surface area (Å²) in [5, 5.41) is 20.1. The first-order valence-corrected chi connectivity index (χ1v) is 6.93. The normalized spacial score (nSPS) is 11.2. The van der Waals surface area contributed by atoms with Gasteiger partial charge in [-0.1, -0.05) is 24.3 Å². The number of thiocarbonyl (C=S) groups is 1. The molecule has 8 heteroatoms. The van der Waals surface area contributed by atoms with Gasteiger partial charge in [0.05, 0.1) is 5.52 Å². The summed E-state index contributed by atoms with van der Waals surface area (Å²) in [6, 6.07) is 10.5. The Labute approximate surface area is 134 Å². The average molecular weight is 332 g/mol. The Morgan fingerprint density at radius 1 is 1.09 bits per heavy atom. The van der Waals surface area contributed by atoms with Crippen LogP contribution in [0.5, 0.6) is 5.88 Å². The lowest BCUT2D eigenvalue weighted by molar-refractivity contribution is 0.459. The second-order valence-corrected chi connectivity index (χ2v) is 4.98. The van der Waals surface area contributed by atoms with Crippen molar-refractivity contribution in [2.75, 3.05) is 5.32 Å². The molecule has 0 amide bonds. The number of hydrogen-bond acceptors (Lipinski definition) is 3. The molecular weight excluding hydrogens is 322 g/mol. The van der Waals surface area contributed by atoms with Gasteiger partial charge in [0.2, 0.25) is 11.0 Å². The van der Waals surface area contributed by atoms with Gasteiger partial charge in [-0.25, -0.2) is 8.78 Å². The maximum atomic E-state index is 13.5. The first-order chi connectivity index (χ1) is 11.1. The minimum Gasteiger partial charge on any atom is -0.493 e. The van der Waals surface area contributed by atoms with Gasteiger partial charge in [0.25, 0.3) is 0 Å². The molecule has 3 rings (SSSR count). The number of rotatable bonds is 2. The number of halogens is 2. The van der Waals surface area contributed by atoms with Crippen LogP contribution in [0.3, 0.4) is 0 Å². The molecule has 0 saturated heterocycles. The van der Waals surface area contributed by atoms with Crippen LogP contribution in [0, 0.1) is 11.6 Å². The zero-order chi connectivity index (χ0) is 16.4. The monoisotopic (exact) mass is 332 g/mol. The lowest BCUT2D eigenvalue weighted by Crippen LogP contribution is -2.08. The van der Waals surface area contributed by atoms with Gasteiger partial charge in [-0.3, -0.25) is 0 Å². The molecule has 0 spiro atoms. The van der Waals surface area contributed by atoms with E-state index in [-0.39, 0.29) is 16.7 Å². The standard InChI is InChI=1S/C15H10F2N4OS/c16-9-5-3-6-10(17)13(9)19-15(23)21-20-12-8-4-1-2-7-11(8)18-14(12)22/h1-7,18,22H,(H,19,23). The van der Waals surface area contributed by atoms with Crippen LogP contribution in [0.2, 0.25) is 0 Å². The molecule has 3 aromatic rings. The fourth-order valence-corrected chi connectivity index (χ4v) is 2.20. The van der Waals surface area contributed by atoms with Crippen molar-refractivity contribution in [3.05, 3.63) is 54.1 Å². The Morgan fingerprint density at radius 3 is 2.52 bits per heavy atom. The smallest absolute Gasteiger partial charge is 0.218 e. The van der Waals surface area contributed by atoms with Crippen LogP contribution in [0.25, 0.3) is 10.9 Å². The summed E-state index contributed by atoms with van der Waals surface area (Å²) >= 11 is 4.90. The fraction of sp³-hybridized carbons (Fsp3) is 0. The number of H-pyrrole nitrogens is 1. The number of fused-ring (bicyclic) bond motifs is 1. The summed E-state index contributed by atoms with van der Waals surface area (Å²) in [6.07, 6.45) is 0. The predicted molar refractivity (Wildman–Crippen MR) is 87.1 cm³/mol. The van der Waals surface area contributed by atoms with Gasteiger partial charge >= 0.3 is 0 Å². The summed E-state index contributed by atoms with van der Waals surface area (Å²) in [5.41, 5.74) is 0.469. The number of hydrogen-bond donors (Lipinski definition) is 3. The molecule has 5 nitrogen and oxygen atoms in total. The first kappa shape index (κ1) is 15.0. The number of nitrogens with zero attached hydrogens (tertiary/aromatic N) is 2. The van der Waals surface area contributed by atoms with Crippen molar-refractivity contribution >= 4 is 39.6 Å². The quantitative estimate of drug-likeness (QED) is 0.473. The Kier molecular flexibility index (Phi) is 3.98. The highest BCUT2D eigenvalue weighted by atomic mass is 32.1. The summed E-state index contributed by atoms with van der Waals surface area (Å²) < 4.78 is 27.0. The summed E-state index contributed by atoms with van der Waals surface area (Å²) in [4.78, 5) is 2.74. The molecule has 0 fully saturated rings. The Balaban J connectivity index is 1.85. The van der Waals surface area contributed by atoms with E-state index in [0.29, 0.717) is 10.9 Å². The summed E-state index contributed by atoms with van der Waals surface area (Å²) in [5.74, 6) is -1.76. The maximum absolute atomic E-state index is 13.5. The van der Waals surface area contributed by atoms with Crippen LogP contribution in [0.1, 0.15) is 0 Å². The number of anilines is 1. The van der Waals surface area contributed by atoms with Crippen molar-refractivity contribution in [3.63, 3.8) is 0 Å². The molecule has 0 aliphatic carbocycles. The molecular formula is C15H10F2N4OS. The Morgan fingerprint density at radius 2 is 1.78 bits per heavy atom. The number of para-hydroxylation sites is 2. The molecule has 0 bridgehead atoms. The molecule has 0 atom stereocenters. The maximum Gasteiger partial charge on any atom is 0.218 e. The van der Waals surface area contributed by atoms with Crippen molar-refractivity contribution in [3.8, 4) is 5.88 Å². The van der Waals surface area contributed by atoms with Crippen molar-refractivity contribution in [2.24, 2.45) is 10.2 Å². The topological polar surface area (TPSA) is 72.8 Å². The molecule has 0 aliphatic rings. The lowest BCUT2D eigenvalue weighted by atomic mass is 10.2. The van der Waals surface area contributed by atoms with E-state index in [9.17, 15) is 13.9 Å². The summed E-state index contributed by atoms with van der Waals surface area (Å²) in [6.45, 7) is 0. The third-order valence-electron chi connectivity index (χ3n) is 3.10. The minimum atomic E-state index is -0.794. The van der Waals surface area contributed by atoms with E-state index in [1.807, 2.05) is 0 Å². The van der Waals surface area contributed by atoms with Gasteiger partial charge in [0.1, 0.15) is 17.3 Å². The van der Waals surface area contributed by atoms with Crippen LogP contribution in [0.15, 0.2) is 52.7 Å². The summed E-state index contributed by atoms with van der Waals surface area (Å²) in [7, 11) is 0. The number of azo groups is 1. The largest absolute Gasteiger partial charge is 0.493 e. The van der Waals surface area contributed by atoms with Gasteiger partial charge in [-0.05, 0) is 30.4 Å². The molecule has 0 unspecified atom stereocenters.